The van der Waals surface area contributed by atoms with E-state index in [0.717, 1.165) is 22.4 Å². The maximum absolute atomic E-state index is 6.09. The van der Waals surface area contributed by atoms with Gasteiger partial charge in [0.1, 0.15) is 0 Å². The molecular formula is C21H30N8. The number of benzene rings is 1. The van der Waals surface area contributed by atoms with Crippen LogP contribution in [0.1, 0.15) is 50.6 Å². The van der Waals surface area contributed by atoms with Gasteiger partial charge in [-0.15, -0.1) is 0 Å². The number of anilines is 3. The highest BCUT2D eigenvalue weighted by Crippen LogP contribution is 2.32. The topological polar surface area (TPSA) is 120 Å². The standard InChI is InChI=1S/C21H30N8/c1-14(22)11-25-21-27-19(24-12-15-7-5-6-10-17(15)23)18-20(28-21)29(13-26-18)16-8-3-2-4-9-16/h5-7,10,13-14,16H,2-4,8-9,11-12,22-23H2,1H3,(H2,24,25,27,28). The Morgan fingerprint density at radius 2 is 1.93 bits per heavy atom. The molecule has 8 nitrogen and oxygen atoms in total. The second kappa shape index (κ2) is 8.65. The highest BCUT2D eigenvalue weighted by atomic mass is 15.2. The molecule has 0 aliphatic heterocycles. The Labute approximate surface area is 171 Å². The lowest BCUT2D eigenvalue weighted by Crippen LogP contribution is -2.26. The number of aromatic nitrogens is 4. The van der Waals surface area contributed by atoms with E-state index >= 15 is 0 Å². The van der Waals surface area contributed by atoms with Crippen LogP contribution in [0.25, 0.3) is 11.2 Å². The number of nitrogens with zero attached hydrogens (tertiary/aromatic N) is 4. The van der Waals surface area contributed by atoms with Crippen LogP contribution in [0.5, 0.6) is 0 Å². The first-order valence-corrected chi connectivity index (χ1v) is 10.4. The van der Waals surface area contributed by atoms with E-state index in [1.54, 1.807) is 0 Å². The zero-order chi connectivity index (χ0) is 20.2. The minimum Gasteiger partial charge on any atom is -0.398 e. The summed E-state index contributed by atoms with van der Waals surface area (Å²) in [5.74, 6) is 1.27. The van der Waals surface area contributed by atoms with Crippen LogP contribution in [0.3, 0.4) is 0 Å². The third-order valence-corrected chi connectivity index (χ3v) is 5.47. The third-order valence-electron chi connectivity index (χ3n) is 5.47. The van der Waals surface area contributed by atoms with Crippen molar-refractivity contribution in [1.82, 2.24) is 19.5 Å². The molecule has 1 saturated carbocycles. The number of para-hydroxylation sites is 1. The summed E-state index contributed by atoms with van der Waals surface area (Å²) >= 11 is 0. The van der Waals surface area contributed by atoms with Crippen molar-refractivity contribution in [2.24, 2.45) is 5.73 Å². The number of nitrogen functional groups attached to an aromatic ring is 1. The van der Waals surface area contributed by atoms with Crippen LogP contribution in [-0.2, 0) is 6.54 Å². The molecule has 6 N–H and O–H groups in total. The molecule has 0 spiro atoms. The van der Waals surface area contributed by atoms with Crippen molar-refractivity contribution < 1.29 is 0 Å². The van der Waals surface area contributed by atoms with Gasteiger partial charge in [-0.25, -0.2) is 4.98 Å². The minimum absolute atomic E-state index is 0.0121. The van der Waals surface area contributed by atoms with Crippen molar-refractivity contribution >= 4 is 28.6 Å². The number of fused-ring (bicyclic) bond motifs is 1. The predicted molar refractivity (Wildman–Crippen MR) is 118 cm³/mol. The molecule has 1 aliphatic carbocycles. The molecule has 0 amide bonds. The summed E-state index contributed by atoms with van der Waals surface area (Å²) < 4.78 is 2.22. The van der Waals surface area contributed by atoms with Gasteiger partial charge in [-0.3, -0.25) is 0 Å². The van der Waals surface area contributed by atoms with E-state index in [4.69, 9.17) is 16.5 Å². The van der Waals surface area contributed by atoms with E-state index in [9.17, 15) is 0 Å². The smallest absolute Gasteiger partial charge is 0.226 e. The molecule has 2 heterocycles. The number of hydrogen-bond donors (Lipinski definition) is 4. The van der Waals surface area contributed by atoms with Gasteiger partial charge in [-0.05, 0) is 31.4 Å². The van der Waals surface area contributed by atoms with Crippen molar-refractivity contribution in [2.75, 3.05) is 22.9 Å². The third kappa shape index (κ3) is 4.42. The quantitative estimate of drug-likeness (QED) is 0.454. The van der Waals surface area contributed by atoms with Crippen LogP contribution < -0.4 is 22.1 Å². The molecule has 1 aromatic carbocycles. The zero-order valence-electron chi connectivity index (χ0n) is 16.9. The summed E-state index contributed by atoms with van der Waals surface area (Å²) in [6, 6.07) is 8.29. The van der Waals surface area contributed by atoms with Gasteiger partial charge < -0.3 is 26.7 Å². The maximum Gasteiger partial charge on any atom is 0.226 e. The SMILES string of the molecule is CC(N)CNc1nc(NCc2ccccc2N)c2ncn(C3CCCCC3)c2n1. The van der Waals surface area contributed by atoms with Crippen molar-refractivity contribution in [3.63, 3.8) is 0 Å². The van der Waals surface area contributed by atoms with Gasteiger partial charge in [0.15, 0.2) is 17.0 Å². The molecular weight excluding hydrogens is 364 g/mol. The Morgan fingerprint density at radius 1 is 1.14 bits per heavy atom. The average Bonchev–Trinajstić information content (AvgIpc) is 3.16. The fraction of sp³-hybridized carbons (Fsp3) is 0.476. The molecule has 4 rings (SSSR count). The van der Waals surface area contributed by atoms with Gasteiger partial charge >= 0.3 is 0 Å². The molecule has 1 unspecified atom stereocenters. The largest absolute Gasteiger partial charge is 0.398 e. The molecule has 1 aliphatic rings. The number of rotatable bonds is 7. The van der Waals surface area contributed by atoms with Gasteiger partial charge in [0.05, 0.1) is 6.33 Å². The number of hydrogen-bond acceptors (Lipinski definition) is 7. The summed E-state index contributed by atoms with van der Waals surface area (Å²) in [6.07, 6.45) is 8.06. The second-order valence-corrected chi connectivity index (χ2v) is 7.92. The number of imidazole rings is 1. The lowest BCUT2D eigenvalue weighted by molar-refractivity contribution is 0.358. The Bertz CT molecular complexity index is 958. The highest BCUT2D eigenvalue weighted by Gasteiger charge is 2.21. The van der Waals surface area contributed by atoms with E-state index in [1.807, 2.05) is 37.5 Å². The Kier molecular flexibility index (Phi) is 5.80. The normalized spacial score (nSPS) is 16.1. The number of nitrogens with two attached hydrogens (primary N) is 2. The fourth-order valence-corrected chi connectivity index (χ4v) is 3.87. The van der Waals surface area contributed by atoms with Crippen LogP contribution in [0.4, 0.5) is 17.5 Å². The molecule has 2 aromatic heterocycles. The molecule has 0 bridgehead atoms. The van der Waals surface area contributed by atoms with E-state index in [1.165, 1.54) is 32.1 Å². The van der Waals surface area contributed by atoms with Crippen molar-refractivity contribution in [1.29, 1.82) is 0 Å². The van der Waals surface area contributed by atoms with Gasteiger partial charge in [-0.2, -0.15) is 9.97 Å². The highest BCUT2D eigenvalue weighted by molar-refractivity contribution is 5.84. The first-order chi connectivity index (χ1) is 14.1. The van der Waals surface area contributed by atoms with E-state index < -0.39 is 0 Å². The van der Waals surface area contributed by atoms with Crippen LogP contribution >= 0.6 is 0 Å². The maximum atomic E-state index is 6.09. The Morgan fingerprint density at radius 3 is 2.69 bits per heavy atom. The summed E-state index contributed by atoms with van der Waals surface area (Å²) in [4.78, 5) is 14.1. The molecule has 8 heteroatoms. The Balaban J connectivity index is 1.67. The minimum atomic E-state index is 0.0121. The molecule has 29 heavy (non-hydrogen) atoms. The molecule has 3 aromatic rings. The van der Waals surface area contributed by atoms with Gasteiger partial charge in [-0.1, -0.05) is 37.5 Å². The summed E-state index contributed by atoms with van der Waals surface area (Å²) in [6.45, 7) is 3.13. The molecule has 154 valence electrons. The second-order valence-electron chi connectivity index (χ2n) is 7.92. The Hall–Kier alpha value is -2.87. The van der Waals surface area contributed by atoms with E-state index in [2.05, 4.69) is 25.2 Å². The monoisotopic (exact) mass is 394 g/mol. The van der Waals surface area contributed by atoms with Crippen LogP contribution in [0.15, 0.2) is 30.6 Å². The first-order valence-electron chi connectivity index (χ1n) is 10.4. The molecule has 1 fully saturated rings. The van der Waals surface area contributed by atoms with Crippen LogP contribution in [0.2, 0.25) is 0 Å². The average molecular weight is 395 g/mol. The summed E-state index contributed by atoms with van der Waals surface area (Å²) in [5, 5.41) is 6.66. The summed E-state index contributed by atoms with van der Waals surface area (Å²) in [5.41, 5.74) is 15.4. The van der Waals surface area contributed by atoms with Crippen LogP contribution in [0, 0.1) is 0 Å². The first kappa shape index (κ1) is 19.4. The molecule has 1 atom stereocenters. The summed E-state index contributed by atoms with van der Waals surface area (Å²) in [7, 11) is 0. The lowest BCUT2D eigenvalue weighted by Gasteiger charge is -2.23. The molecule has 0 radical (unpaired) electrons. The molecule has 0 saturated heterocycles. The van der Waals surface area contributed by atoms with Crippen LogP contribution in [-0.4, -0.2) is 32.1 Å². The zero-order valence-corrected chi connectivity index (χ0v) is 16.9. The van der Waals surface area contributed by atoms with E-state index in [-0.39, 0.29) is 6.04 Å². The van der Waals surface area contributed by atoms with Gasteiger partial charge in [0.25, 0.3) is 0 Å². The van der Waals surface area contributed by atoms with E-state index in [0.29, 0.717) is 30.9 Å². The number of nitrogens with one attached hydrogen (secondary N) is 2. The fourth-order valence-electron chi connectivity index (χ4n) is 3.87. The van der Waals surface area contributed by atoms with Crippen molar-refractivity contribution in [2.45, 2.75) is 57.7 Å². The van der Waals surface area contributed by atoms with Crippen molar-refractivity contribution in [3.05, 3.63) is 36.2 Å². The predicted octanol–water partition coefficient (Wildman–Crippen LogP) is 3.28. The van der Waals surface area contributed by atoms with Gasteiger partial charge in [0, 0.05) is 30.9 Å². The van der Waals surface area contributed by atoms with Gasteiger partial charge in [0.2, 0.25) is 5.95 Å². The van der Waals surface area contributed by atoms with Crippen molar-refractivity contribution in [3.8, 4) is 0 Å². The lowest BCUT2D eigenvalue weighted by atomic mass is 9.95.